The van der Waals surface area contributed by atoms with Gasteiger partial charge in [0.1, 0.15) is 0 Å². The molecule has 0 aromatic carbocycles. The van der Waals surface area contributed by atoms with Crippen LogP contribution in [0, 0.1) is 5.92 Å². The smallest absolute Gasteiger partial charge is 0.0595 e. The van der Waals surface area contributed by atoms with Crippen molar-refractivity contribution in [3.8, 4) is 0 Å². The second-order valence-electron chi connectivity index (χ2n) is 3.96. The van der Waals surface area contributed by atoms with Gasteiger partial charge in [-0.1, -0.05) is 6.42 Å². The van der Waals surface area contributed by atoms with Gasteiger partial charge in [-0.05, 0) is 25.8 Å². The first-order valence-electron chi connectivity index (χ1n) is 4.77. The van der Waals surface area contributed by atoms with Crippen LogP contribution < -0.4 is 5.73 Å². The highest BCUT2D eigenvalue weighted by Gasteiger charge is 2.19. The highest BCUT2D eigenvalue weighted by molar-refractivity contribution is 4.74. The van der Waals surface area contributed by atoms with Crippen molar-refractivity contribution in [2.45, 2.75) is 25.3 Å². The summed E-state index contributed by atoms with van der Waals surface area (Å²) in [6.45, 7) is 2.05. The average molecular weight is 172 g/mol. The normalized spacial score (nSPS) is 21.0. The first-order valence-corrected chi connectivity index (χ1v) is 4.77. The Bertz CT molecular complexity index is 119. The molecule has 3 nitrogen and oxygen atoms in total. The summed E-state index contributed by atoms with van der Waals surface area (Å²) in [5.41, 5.74) is 5.62. The fraction of sp³-hybridized carbons (Fsp3) is 1.00. The van der Waals surface area contributed by atoms with Crippen molar-refractivity contribution >= 4 is 0 Å². The van der Waals surface area contributed by atoms with E-state index in [9.17, 15) is 0 Å². The zero-order valence-electron chi connectivity index (χ0n) is 7.87. The van der Waals surface area contributed by atoms with Crippen molar-refractivity contribution in [2.75, 3.05) is 26.7 Å². The third-order valence-electron chi connectivity index (χ3n) is 2.58. The topological polar surface area (TPSA) is 49.5 Å². The molecular formula is C9H20N2O. The molecule has 72 valence electrons. The van der Waals surface area contributed by atoms with E-state index >= 15 is 0 Å². The predicted octanol–water partition coefficient (Wildman–Crippen LogP) is 0.0379. The van der Waals surface area contributed by atoms with Crippen LogP contribution in [0.1, 0.15) is 19.3 Å². The van der Waals surface area contributed by atoms with Crippen LogP contribution in [0.5, 0.6) is 0 Å². The van der Waals surface area contributed by atoms with E-state index in [1.54, 1.807) is 0 Å². The number of hydrogen-bond donors (Lipinski definition) is 2. The zero-order chi connectivity index (χ0) is 8.97. The van der Waals surface area contributed by atoms with E-state index in [1.165, 1.54) is 19.3 Å². The minimum atomic E-state index is -0.0740. The van der Waals surface area contributed by atoms with Gasteiger partial charge in [0.15, 0.2) is 0 Å². The molecule has 3 N–H and O–H groups in total. The maximum absolute atomic E-state index is 8.74. The Balaban J connectivity index is 2.05. The zero-order valence-corrected chi connectivity index (χ0v) is 7.87. The first-order chi connectivity index (χ1) is 5.72. The highest BCUT2D eigenvalue weighted by atomic mass is 16.3. The number of likely N-dealkylation sites (N-methyl/N-ethyl adjacent to an activating group) is 1. The molecule has 3 heteroatoms. The van der Waals surface area contributed by atoms with Gasteiger partial charge in [-0.2, -0.15) is 0 Å². The van der Waals surface area contributed by atoms with Crippen LogP contribution in [0.25, 0.3) is 0 Å². The van der Waals surface area contributed by atoms with E-state index in [4.69, 9.17) is 10.8 Å². The van der Waals surface area contributed by atoms with E-state index in [0.717, 1.165) is 19.0 Å². The lowest BCUT2D eigenvalue weighted by molar-refractivity contribution is 0.175. The number of nitrogens with zero attached hydrogens (tertiary/aromatic N) is 1. The summed E-state index contributed by atoms with van der Waals surface area (Å²) in [6, 6.07) is -0.0740. The fourth-order valence-electron chi connectivity index (χ4n) is 1.65. The van der Waals surface area contributed by atoms with E-state index in [2.05, 4.69) is 11.9 Å². The third kappa shape index (κ3) is 3.09. The SMILES string of the molecule is CN(CC(N)CO)CC1CCC1. The highest BCUT2D eigenvalue weighted by Crippen LogP contribution is 2.26. The average Bonchev–Trinajstić information content (AvgIpc) is 1.97. The summed E-state index contributed by atoms with van der Waals surface area (Å²) >= 11 is 0. The second-order valence-corrected chi connectivity index (χ2v) is 3.96. The van der Waals surface area contributed by atoms with Crippen LogP contribution in [0.3, 0.4) is 0 Å². The number of aliphatic hydroxyl groups is 1. The maximum Gasteiger partial charge on any atom is 0.0595 e. The van der Waals surface area contributed by atoms with Crippen molar-refractivity contribution in [1.82, 2.24) is 4.90 Å². The Morgan fingerprint density at radius 2 is 2.25 bits per heavy atom. The summed E-state index contributed by atoms with van der Waals surface area (Å²) < 4.78 is 0. The van der Waals surface area contributed by atoms with Gasteiger partial charge in [-0.3, -0.25) is 0 Å². The van der Waals surface area contributed by atoms with E-state index in [-0.39, 0.29) is 12.6 Å². The van der Waals surface area contributed by atoms with Crippen LogP contribution in [-0.4, -0.2) is 42.8 Å². The van der Waals surface area contributed by atoms with Crippen molar-refractivity contribution < 1.29 is 5.11 Å². The number of hydrogen-bond acceptors (Lipinski definition) is 3. The quantitative estimate of drug-likeness (QED) is 0.615. The minimum absolute atomic E-state index is 0.0740. The Labute approximate surface area is 74.5 Å². The van der Waals surface area contributed by atoms with Crippen molar-refractivity contribution in [1.29, 1.82) is 0 Å². The van der Waals surface area contributed by atoms with Crippen LogP contribution in [0.15, 0.2) is 0 Å². The summed E-state index contributed by atoms with van der Waals surface area (Å²) in [7, 11) is 2.08. The molecule has 1 rings (SSSR count). The molecule has 1 aliphatic carbocycles. The van der Waals surface area contributed by atoms with Crippen LogP contribution in [0.4, 0.5) is 0 Å². The second kappa shape index (κ2) is 4.80. The van der Waals surface area contributed by atoms with Gasteiger partial charge in [0.2, 0.25) is 0 Å². The molecule has 0 radical (unpaired) electrons. The number of rotatable bonds is 5. The van der Waals surface area contributed by atoms with Gasteiger partial charge in [0.05, 0.1) is 6.61 Å². The molecule has 1 aliphatic rings. The van der Waals surface area contributed by atoms with Crippen LogP contribution >= 0.6 is 0 Å². The monoisotopic (exact) mass is 172 g/mol. The molecule has 1 unspecified atom stereocenters. The standard InChI is InChI=1S/C9H20N2O/c1-11(6-9(10)7-12)5-8-3-2-4-8/h8-9,12H,2-7,10H2,1H3. The van der Waals surface area contributed by atoms with E-state index in [1.807, 2.05) is 0 Å². The van der Waals surface area contributed by atoms with Crippen molar-refractivity contribution in [3.63, 3.8) is 0 Å². The van der Waals surface area contributed by atoms with Crippen LogP contribution in [-0.2, 0) is 0 Å². The van der Waals surface area contributed by atoms with Crippen molar-refractivity contribution in [3.05, 3.63) is 0 Å². The Kier molecular flexibility index (Phi) is 3.98. The molecule has 0 bridgehead atoms. The van der Waals surface area contributed by atoms with Crippen molar-refractivity contribution in [2.24, 2.45) is 11.7 Å². The molecule has 0 saturated heterocycles. The summed E-state index contributed by atoms with van der Waals surface area (Å²) in [4.78, 5) is 2.23. The Hall–Kier alpha value is -0.120. The predicted molar refractivity (Wildman–Crippen MR) is 49.9 cm³/mol. The number of aliphatic hydroxyl groups excluding tert-OH is 1. The molecule has 1 atom stereocenters. The lowest BCUT2D eigenvalue weighted by Crippen LogP contribution is -2.40. The van der Waals surface area contributed by atoms with Gasteiger partial charge in [-0.15, -0.1) is 0 Å². The molecule has 1 fully saturated rings. The lowest BCUT2D eigenvalue weighted by Gasteiger charge is -2.31. The van der Waals surface area contributed by atoms with Gasteiger partial charge >= 0.3 is 0 Å². The molecular weight excluding hydrogens is 152 g/mol. The molecule has 0 amide bonds. The third-order valence-corrected chi connectivity index (χ3v) is 2.58. The molecule has 12 heavy (non-hydrogen) atoms. The molecule has 0 aliphatic heterocycles. The van der Waals surface area contributed by atoms with E-state index < -0.39 is 0 Å². The summed E-state index contributed by atoms with van der Waals surface area (Å²) in [6.07, 6.45) is 4.14. The molecule has 0 spiro atoms. The minimum Gasteiger partial charge on any atom is -0.395 e. The van der Waals surface area contributed by atoms with Gasteiger partial charge in [0, 0.05) is 19.1 Å². The first kappa shape index (κ1) is 9.96. The molecule has 0 aromatic rings. The fourth-order valence-corrected chi connectivity index (χ4v) is 1.65. The van der Waals surface area contributed by atoms with Gasteiger partial charge < -0.3 is 15.7 Å². The van der Waals surface area contributed by atoms with E-state index in [0.29, 0.717) is 0 Å². The number of nitrogens with two attached hydrogens (primary N) is 1. The van der Waals surface area contributed by atoms with Gasteiger partial charge in [-0.25, -0.2) is 0 Å². The maximum atomic E-state index is 8.74. The van der Waals surface area contributed by atoms with Gasteiger partial charge in [0.25, 0.3) is 0 Å². The Morgan fingerprint density at radius 1 is 1.58 bits per heavy atom. The largest absolute Gasteiger partial charge is 0.395 e. The molecule has 0 heterocycles. The molecule has 0 aromatic heterocycles. The summed E-state index contributed by atoms with van der Waals surface area (Å²) in [5.74, 6) is 0.890. The lowest BCUT2D eigenvalue weighted by atomic mass is 9.85. The molecule has 1 saturated carbocycles. The summed E-state index contributed by atoms with van der Waals surface area (Å²) in [5, 5.41) is 8.74. The van der Waals surface area contributed by atoms with Crippen LogP contribution in [0.2, 0.25) is 0 Å². The Morgan fingerprint density at radius 3 is 2.67 bits per heavy atom.